The fraction of sp³-hybridized carbons (Fsp3) is 0.389. The molecule has 1 aromatic heterocycles. The van der Waals surface area contributed by atoms with Crippen LogP contribution < -0.4 is 4.74 Å². The minimum absolute atomic E-state index is 0.433. The average Bonchev–Trinajstić information content (AvgIpc) is 2.47. The molecule has 3 nitrogen and oxygen atoms in total. The number of fused-ring (bicyclic) bond motifs is 1. The van der Waals surface area contributed by atoms with Crippen LogP contribution in [0.5, 0.6) is 5.75 Å². The maximum atomic E-state index is 10.3. The lowest BCUT2D eigenvalue weighted by Gasteiger charge is -2.28. The number of nitrogens with zero attached hydrogens (tertiary/aromatic N) is 1. The summed E-state index contributed by atoms with van der Waals surface area (Å²) in [5.41, 5.74) is 4.52. The Hall–Kier alpha value is -1.87. The van der Waals surface area contributed by atoms with Crippen molar-refractivity contribution in [3.8, 4) is 5.75 Å². The summed E-state index contributed by atoms with van der Waals surface area (Å²) in [6.07, 6.45) is 4.17. The van der Waals surface area contributed by atoms with Crippen LogP contribution >= 0.6 is 0 Å². The summed E-state index contributed by atoms with van der Waals surface area (Å²) in [4.78, 5) is 4.40. The number of ether oxygens (including phenoxy) is 1. The van der Waals surface area contributed by atoms with Gasteiger partial charge in [0.2, 0.25) is 0 Å². The van der Waals surface area contributed by atoms with Gasteiger partial charge in [0, 0.05) is 6.20 Å². The van der Waals surface area contributed by atoms with Crippen LogP contribution in [0, 0.1) is 12.8 Å². The molecule has 0 saturated heterocycles. The van der Waals surface area contributed by atoms with E-state index in [1.807, 2.05) is 25.3 Å². The highest BCUT2D eigenvalue weighted by Gasteiger charge is 2.26. The van der Waals surface area contributed by atoms with Gasteiger partial charge in [0.25, 0.3) is 0 Å². The largest absolute Gasteiger partial charge is 0.497 e. The third kappa shape index (κ3) is 3.08. The van der Waals surface area contributed by atoms with Gasteiger partial charge in [-0.25, -0.2) is 0 Å². The van der Waals surface area contributed by atoms with E-state index in [0.717, 1.165) is 36.3 Å². The molecular weight excluding hydrogens is 262 g/mol. The molecule has 0 aliphatic heterocycles. The lowest BCUT2D eigenvalue weighted by atomic mass is 9.81. The molecule has 3 heteroatoms. The van der Waals surface area contributed by atoms with E-state index in [1.54, 1.807) is 7.11 Å². The summed E-state index contributed by atoms with van der Waals surface area (Å²) in [7, 11) is 1.68. The maximum absolute atomic E-state index is 10.3. The maximum Gasteiger partial charge on any atom is 0.118 e. The molecule has 3 rings (SSSR count). The molecule has 1 heterocycles. The predicted octanol–water partition coefficient (Wildman–Crippen LogP) is 3.24. The van der Waals surface area contributed by atoms with E-state index in [1.165, 1.54) is 11.1 Å². The molecule has 2 atom stereocenters. The number of aromatic nitrogens is 1. The van der Waals surface area contributed by atoms with Crippen molar-refractivity contribution in [2.24, 2.45) is 5.92 Å². The number of aliphatic hydroxyl groups is 1. The number of rotatable bonds is 3. The van der Waals surface area contributed by atoms with Crippen molar-refractivity contribution in [3.05, 3.63) is 58.9 Å². The smallest absolute Gasteiger partial charge is 0.118 e. The van der Waals surface area contributed by atoms with Crippen molar-refractivity contribution >= 4 is 0 Å². The van der Waals surface area contributed by atoms with Gasteiger partial charge in [-0.15, -0.1) is 0 Å². The molecule has 0 spiro atoms. The molecule has 0 bridgehead atoms. The van der Waals surface area contributed by atoms with E-state index < -0.39 is 6.10 Å². The number of benzene rings is 1. The van der Waals surface area contributed by atoms with E-state index >= 15 is 0 Å². The number of pyridine rings is 1. The van der Waals surface area contributed by atoms with Gasteiger partial charge in [0.15, 0.2) is 0 Å². The van der Waals surface area contributed by atoms with Gasteiger partial charge in [0.05, 0.1) is 18.9 Å². The van der Waals surface area contributed by atoms with Gasteiger partial charge in [-0.1, -0.05) is 18.2 Å². The molecular formula is C18H21NO2. The zero-order valence-electron chi connectivity index (χ0n) is 12.5. The van der Waals surface area contributed by atoms with Crippen LogP contribution in [0.1, 0.15) is 34.9 Å². The standard InChI is InChI=1S/C18H21NO2/c1-12-7-15-9-14(10-17(20)18(15)19-11-12)8-13-3-5-16(21-2)6-4-13/h3-7,11,14,17,20H,8-10H2,1-2H3. The Balaban J connectivity index is 1.75. The van der Waals surface area contributed by atoms with Gasteiger partial charge < -0.3 is 9.84 Å². The SMILES string of the molecule is COc1ccc(CC2Cc3cc(C)cnc3C(O)C2)cc1. The number of methoxy groups -OCH3 is 1. The molecule has 1 N–H and O–H groups in total. The van der Waals surface area contributed by atoms with Crippen LogP contribution in [0.15, 0.2) is 36.5 Å². The first-order chi connectivity index (χ1) is 10.2. The van der Waals surface area contributed by atoms with E-state index in [4.69, 9.17) is 4.74 Å². The molecule has 21 heavy (non-hydrogen) atoms. The summed E-state index contributed by atoms with van der Waals surface area (Å²) in [5, 5.41) is 10.3. The van der Waals surface area contributed by atoms with Crippen LogP contribution in [-0.4, -0.2) is 17.2 Å². The number of aliphatic hydroxyl groups excluding tert-OH is 1. The van der Waals surface area contributed by atoms with Crippen LogP contribution in [-0.2, 0) is 12.8 Å². The quantitative estimate of drug-likeness (QED) is 0.940. The van der Waals surface area contributed by atoms with E-state index in [9.17, 15) is 5.11 Å². The third-order valence-electron chi connectivity index (χ3n) is 4.20. The summed E-state index contributed by atoms with van der Waals surface area (Å²) in [6, 6.07) is 10.4. The van der Waals surface area contributed by atoms with Gasteiger partial charge in [-0.2, -0.15) is 0 Å². The first-order valence-corrected chi connectivity index (χ1v) is 7.42. The first kappa shape index (κ1) is 14.1. The number of hydrogen-bond acceptors (Lipinski definition) is 3. The molecule has 0 saturated carbocycles. The normalized spacial score (nSPS) is 20.9. The van der Waals surface area contributed by atoms with Gasteiger partial charge in [-0.05, 0) is 60.9 Å². The van der Waals surface area contributed by atoms with Crippen LogP contribution in [0.3, 0.4) is 0 Å². The third-order valence-corrected chi connectivity index (χ3v) is 4.20. The fourth-order valence-corrected chi connectivity index (χ4v) is 3.18. The molecule has 1 aromatic carbocycles. The monoisotopic (exact) mass is 283 g/mol. The lowest BCUT2D eigenvalue weighted by Crippen LogP contribution is -2.21. The Labute approximate surface area is 125 Å². The fourth-order valence-electron chi connectivity index (χ4n) is 3.18. The molecule has 2 aromatic rings. The number of hydrogen-bond donors (Lipinski definition) is 1. The molecule has 0 radical (unpaired) electrons. The zero-order chi connectivity index (χ0) is 14.8. The highest BCUT2D eigenvalue weighted by atomic mass is 16.5. The summed E-state index contributed by atoms with van der Waals surface area (Å²) >= 11 is 0. The minimum atomic E-state index is -0.433. The van der Waals surface area contributed by atoms with Crippen LogP contribution in [0.4, 0.5) is 0 Å². The molecule has 1 aliphatic rings. The van der Waals surface area contributed by atoms with Crippen LogP contribution in [0.25, 0.3) is 0 Å². The van der Waals surface area contributed by atoms with Crippen molar-refractivity contribution < 1.29 is 9.84 Å². The molecule has 2 unspecified atom stereocenters. The van der Waals surface area contributed by atoms with Crippen molar-refractivity contribution in [1.82, 2.24) is 4.98 Å². The summed E-state index contributed by atoms with van der Waals surface area (Å²) in [6.45, 7) is 2.05. The van der Waals surface area contributed by atoms with E-state index in [-0.39, 0.29) is 0 Å². The Morgan fingerprint density at radius 1 is 1.29 bits per heavy atom. The molecule has 110 valence electrons. The summed E-state index contributed by atoms with van der Waals surface area (Å²) < 4.78 is 5.19. The topological polar surface area (TPSA) is 42.4 Å². The average molecular weight is 283 g/mol. The van der Waals surface area contributed by atoms with Crippen molar-refractivity contribution in [2.45, 2.75) is 32.3 Å². The highest BCUT2D eigenvalue weighted by Crippen LogP contribution is 2.34. The minimum Gasteiger partial charge on any atom is -0.497 e. The van der Waals surface area contributed by atoms with Gasteiger partial charge in [-0.3, -0.25) is 4.98 Å². The van der Waals surface area contributed by atoms with Gasteiger partial charge in [0.1, 0.15) is 5.75 Å². The van der Waals surface area contributed by atoms with E-state index in [2.05, 4.69) is 23.2 Å². The van der Waals surface area contributed by atoms with E-state index in [0.29, 0.717) is 5.92 Å². The predicted molar refractivity (Wildman–Crippen MR) is 82.4 cm³/mol. The highest BCUT2D eigenvalue weighted by molar-refractivity contribution is 5.31. The van der Waals surface area contributed by atoms with Crippen molar-refractivity contribution in [1.29, 1.82) is 0 Å². The Morgan fingerprint density at radius 3 is 2.76 bits per heavy atom. The summed E-state index contributed by atoms with van der Waals surface area (Å²) in [5.74, 6) is 1.34. The number of aryl methyl sites for hydroxylation is 1. The lowest BCUT2D eigenvalue weighted by molar-refractivity contribution is 0.127. The first-order valence-electron chi connectivity index (χ1n) is 7.42. The van der Waals surface area contributed by atoms with Crippen LogP contribution in [0.2, 0.25) is 0 Å². The molecule has 0 amide bonds. The Morgan fingerprint density at radius 2 is 2.05 bits per heavy atom. The van der Waals surface area contributed by atoms with Crippen molar-refractivity contribution in [2.75, 3.05) is 7.11 Å². The second-order valence-corrected chi connectivity index (χ2v) is 5.93. The van der Waals surface area contributed by atoms with Gasteiger partial charge >= 0.3 is 0 Å². The molecule has 1 aliphatic carbocycles. The Bertz CT molecular complexity index is 622. The second-order valence-electron chi connectivity index (χ2n) is 5.93. The van der Waals surface area contributed by atoms with Crippen molar-refractivity contribution in [3.63, 3.8) is 0 Å². The second kappa shape index (κ2) is 5.86. The molecule has 0 fully saturated rings. The Kier molecular flexibility index (Phi) is 3.93. The zero-order valence-corrected chi connectivity index (χ0v) is 12.5.